The summed E-state index contributed by atoms with van der Waals surface area (Å²) in [6, 6.07) is 7.63. The minimum atomic E-state index is -0.116. The Kier molecular flexibility index (Phi) is 4.46. The zero-order chi connectivity index (χ0) is 13.8. The standard InChI is InChI=1S/C16H24N2O/c1-12(14-8-5-9-15(17)10-14)16(19)18(2)11-13-6-3-4-7-13/h5,8-10,12-13H,3-4,6-7,11,17H2,1-2H3. The van der Waals surface area contributed by atoms with Crippen molar-refractivity contribution < 1.29 is 4.79 Å². The van der Waals surface area contributed by atoms with Gasteiger partial charge in [0.2, 0.25) is 5.91 Å². The van der Waals surface area contributed by atoms with Crippen LogP contribution in [0.3, 0.4) is 0 Å². The number of anilines is 1. The van der Waals surface area contributed by atoms with Crippen molar-refractivity contribution in [2.45, 2.75) is 38.5 Å². The van der Waals surface area contributed by atoms with E-state index < -0.39 is 0 Å². The molecule has 1 unspecified atom stereocenters. The van der Waals surface area contributed by atoms with E-state index in [1.54, 1.807) is 0 Å². The number of carbonyl (C=O) groups is 1. The molecule has 19 heavy (non-hydrogen) atoms. The predicted molar refractivity (Wildman–Crippen MR) is 78.9 cm³/mol. The minimum absolute atomic E-state index is 0.116. The first kappa shape index (κ1) is 13.9. The number of hydrogen-bond acceptors (Lipinski definition) is 2. The summed E-state index contributed by atoms with van der Waals surface area (Å²) in [5, 5.41) is 0. The normalized spacial score (nSPS) is 17.4. The maximum absolute atomic E-state index is 12.4. The molecule has 1 aromatic rings. The maximum Gasteiger partial charge on any atom is 0.229 e. The Morgan fingerprint density at radius 2 is 2.11 bits per heavy atom. The van der Waals surface area contributed by atoms with Gasteiger partial charge in [-0.05, 0) is 43.4 Å². The van der Waals surface area contributed by atoms with Gasteiger partial charge in [-0.2, -0.15) is 0 Å². The van der Waals surface area contributed by atoms with Gasteiger partial charge in [0.15, 0.2) is 0 Å². The molecule has 0 saturated heterocycles. The van der Waals surface area contributed by atoms with E-state index in [2.05, 4.69) is 0 Å². The van der Waals surface area contributed by atoms with Crippen molar-refractivity contribution >= 4 is 11.6 Å². The highest BCUT2D eigenvalue weighted by Gasteiger charge is 2.23. The maximum atomic E-state index is 12.4. The van der Waals surface area contributed by atoms with Gasteiger partial charge in [-0.25, -0.2) is 0 Å². The molecule has 1 aromatic carbocycles. The van der Waals surface area contributed by atoms with Crippen LogP contribution in [0.2, 0.25) is 0 Å². The Morgan fingerprint density at radius 3 is 2.74 bits per heavy atom. The summed E-state index contributed by atoms with van der Waals surface area (Å²) in [5.41, 5.74) is 7.50. The molecule has 1 atom stereocenters. The zero-order valence-electron chi connectivity index (χ0n) is 11.9. The highest BCUT2D eigenvalue weighted by molar-refractivity contribution is 5.83. The molecule has 1 saturated carbocycles. The molecule has 1 amide bonds. The Balaban J connectivity index is 1.97. The molecule has 1 aliphatic carbocycles. The SMILES string of the molecule is CC(C(=O)N(C)CC1CCCC1)c1cccc(N)c1. The summed E-state index contributed by atoms with van der Waals surface area (Å²) in [6.45, 7) is 2.85. The molecule has 1 fully saturated rings. The van der Waals surface area contributed by atoms with E-state index >= 15 is 0 Å². The average molecular weight is 260 g/mol. The van der Waals surface area contributed by atoms with Crippen LogP contribution in [0.5, 0.6) is 0 Å². The first-order chi connectivity index (χ1) is 9.08. The smallest absolute Gasteiger partial charge is 0.229 e. The van der Waals surface area contributed by atoms with E-state index in [9.17, 15) is 4.79 Å². The van der Waals surface area contributed by atoms with Gasteiger partial charge in [-0.1, -0.05) is 25.0 Å². The van der Waals surface area contributed by atoms with E-state index in [0.717, 1.165) is 17.8 Å². The molecule has 104 valence electrons. The Bertz CT molecular complexity index is 438. The number of nitrogens with zero attached hydrogens (tertiary/aromatic N) is 1. The number of benzene rings is 1. The molecule has 0 heterocycles. The highest BCUT2D eigenvalue weighted by Crippen LogP contribution is 2.26. The number of amides is 1. The van der Waals surface area contributed by atoms with E-state index in [1.165, 1.54) is 25.7 Å². The van der Waals surface area contributed by atoms with Crippen LogP contribution in [0.25, 0.3) is 0 Å². The van der Waals surface area contributed by atoms with Crippen molar-refractivity contribution in [2.24, 2.45) is 5.92 Å². The molecule has 2 N–H and O–H groups in total. The fraction of sp³-hybridized carbons (Fsp3) is 0.562. The number of likely N-dealkylation sites (N-methyl/N-ethyl adjacent to an activating group) is 1. The monoisotopic (exact) mass is 260 g/mol. The second kappa shape index (κ2) is 6.09. The van der Waals surface area contributed by atoms with Crippen molar-refractivity contribution in [2.75, 3.05) is 19.3 Å². The Morgan fingerprint density at radius 1 is 1.42 bits per heavy atom. The lowest BCUT2D eigenvalue weighted by Gasteiger charge is -2.24. The van der Waals surface area contributed by atoms with Gasteiger partial charge < -0.3 is 10.6 Å². The fourth-order valence-corrected chi connectivity index (χ4v) is 2.97. The van der Waals surface area contributed by atoms with Crippen molar-refractivity contribution in [1.82, 2.24) is 4.90 Å². The molecule has 0 radical (unpaired) electrons. The van der Waals surface area contributed by atoms with Gasteiger partial charge in [-0.15, -0.1) is 0 Å². The van der Waals surface area contributed by atoms with Crippen LogP contribution in [0, 0.1) is 5.92 Å². The average Bonchev–Trinajstić information content (AvgIpc) is 2.89. The third-order valence-electron chi connectivity index (χ3n) is 4.16. The molecule has 1 aliphatic rings. The number of hydrogen-bond donors (Lipinski definition) is 1. The summed E-state index contributed by atoms with van der Waals surface area (Å²) in [6.07, 6.45) is 5.17. The second-order valence-corrected chi connectivity index (χ2v) is 5.76. The van der Waals surface area contributed by atoms with Crippen molar-refractivity contribution in [1.29, 1.82) is 0 Å². The number of carbonyl (C=O) groups excluding carboxylic acids is 1. The van der Waals surface area contributed by atoms with E-state index in [1.807, 2.05) is 43.1 Å². The van der Waals surface area contributed by atoms with Crippen LogP contribution in [-0.4, -0.2) is 24.4 Å². The van der Waals surface area contributed by atoms with Gasteiger partial charge >= 0.3 is 0 Å². The molecule has 0 aliphatic heterocycles. The summed E-state index contributed by atoms with van der Waals surface area (Å²) >= 11 is 0. The van der Waals surface area contributed by atoms with Gasteiger partial charge in [0.1, 0.15) is 0 Å². The van der Waals surface area contributed by atoms with Gasteiger partial charge in [-0.3, -0.25) is 4.79 Å². The molecule has 3 nitrogen and oxygen atoms in total. The lowest BCUT2D eigenvalue weighted by atomic mass is 9.98. The Labute approximate surface area is 115 Å². The molecule has 3 heteroatoms. The summed E-state index contributed by atoms with van der Waals surface area (Å²) < 4.78 is 0. The molecule has 2 rings (SSSR count). The van der Waals surface area contributed by atoms with Gasteiger partial charge in [0, 0.05) is 19.3 Å². The molecular formula is C16H24N2O. The minimum Gasteiger partial charge on any atom is -0.399 e. The van der Waals surface area contributed by atoms with Gasteiger partial charge in [0.25, 0.3) is 0 Å². The molecule has 0 aromatic heterocycles. The van der Waals surface area contributed by atoms with Crippen LogP contribution in [0.1, 0.15) is 44.1 Å². The van der Waals surface area contributed by atoms with E-state index in [4.69, 9.17) is 5.73 Å². The Hall–Kier alpha value is -1.51. The molecule has 0 spiro atoms. The van der Waals surface area contributed by atoms with Crippen molar-refractivity contribution in [3.8, 4) is 0 Å². The summed E-state index contributed by atoms with van der Waals surface area (Å²) in [7, 11) is 1.92. The third-order valence-corrected chi connectivity index (χ3v) is 4.16. The van der Waals surface area contributed by atoms with Crippen LogP contribution in [-0.2, 0) is 4.79 Å². The van der Waals surface area contributed by atoms with Crippen molar-refractivity contribution in [3.63, 3.8) is 0 Å². The molecular weight excluding hydrogens is 236 g/mol. The third kappa shape index (κ3) is 3.49. The fourth-order valence-electron chi connectivity index (χ4n) is 2.97. The summed E-state index contributed by atoms with van der Waals surface area (Å²) in [4.78, 5) is 14.3. The zero-order valence-corrected chi connectivity index (χ0v) is 11.9. The number of nitrogens with two attached hydrogens (primary N) is 1. The second-order valence-electron chi connectivity index (χ2n) is 5.76. The van der Waals surface area contributed by atoms with E-state index in [-0.39, 0.29) is 11.8 Å². The van der Waals surface area contributed by atoms with Crippen LogP contribution in [0.4, 0.5) is 5.69 Å². The lowest BCUT2D eigenvalue weighted by molar-refractivity contribution is -0.131. The predicted octanol–water partition coefficient (Wildman–Crippen LogP) is 3.02. The lowest BCUT2D eigenvalue weighted by Crippen LogP contribution is -2.34. The molecule has 0 bridgehead atoms. The van der Waals surface area contributed by atoms with E-state index in [0.29, 0.717) is 5.92 Å². The quantitative estimate of drug-likeness (QED) is 0.846. The van der Waals surface area contributed by atoms with Crippen LogP contribution >= 0.6 is 0 Å². The van der Waals surface area contributed by atoms with Crippen molar-refractivity contribution in [3.05, 3.63) is 29.8 Å². The number of rotatable bonds is 4. The first-order valence-corrected chi connectivity index (χ1v) is 7.18. The largest absolute Gasteiger partial charge is 0.399 e. The number of nitrogen functional groups attached to an aromatic ring is 1. The summed E-state index contributed by atoms with van der Waals surface area (Å²) in [5.74, 6) is 0.773. The van der Waals surface area contributed by atoms with Gasteiger partial charge in [0.05, 0.1) is 5.92 Å². The van der Waals surface area contributed by atoms with Crippen LogP contribution < -0.4 is 5.73 Å². The highest BCUT2D eigenvalue weighted by atomic mass is 16.2. The first-order valence-electron chi connectivity index (χ1n) is 7.18. The van der Waals surface area contributed by atoms with Crippen LogP contribution in [0.15, 0.2) is 24.3 Å². The topological polar surface area (TPSA) is 46.3 Å².